The molecule has 1 aliphatic rings. The number of nitrogens with zero attached hydrogens (tertiary/aromatic N) is 1. The first-order valence-corrected chi connectivity index (χ1v) is 6.87. The number of amides is 1. The molecule has 1 fully saturated rings. The second kappa shape index (κ2) is 6.84. The van der Waals surface area contributed by atoms with Gasteiger partial charge in [-0.05, 0) is 36.5 Å². The maximum Gasteiger partial charge on any atom is 0.387 e. The molecule has 1 saturated heterocycles. The highest BCUT2D eigenvalue weighted by Gasteiger charge is 2.36. The number of anilines is 1. The number of halogens is 2. The molecule has 1 amide bonds. The molecule has 0 saturated carbocycles. The monoisotopic (exact) mass is 331 g/mol. The third-order valence-electron chi connectivity index (χ3n) is 3.20. The predicted molar refractivity (Wildman–Crippen MR) is 79.6 cm³/mol. The van der Waals surface area contributed by atoms with Gasteiger partial charge in [0, 0.05) is 18.7 Å². The summed E-state index contributed by atoms with van der Waals surface area (Å²) in [6, 6.07) is 5.07. The standard InChI is InChI=1S/C13H15F2N3O3S/c14-12(15)21-9-3-1-7(2-4-9)17-13(22)18-6-8(19)5-10(18)11(16)20/h1-4,8,10,12,19H,5-6H2,(H2,16,20)(H,17,22). The van der Waals surface area contributed by atoms with Crippen molar-refractivity contribution >= 4 is 28.9 Å². The Morgan fingerprint density at radius 1 is 1.45 bits per heavy atom. The van der Waals surface area contributed by atoms with Crippen molar-refractivity contribution in [3.05, 3.63) is 24.3 Å². The lowest BCUT2D eigenvalue weighted by Crippen LogP contribution is -2.45. The van der Waals surface area contributed by atoms with Crippen LogP contribution in [0, 0.1) is 0 Å². The van der Waals surface area contributed by atoms with Gasteiger partial charge in [-0.3, -0.25) is 4.79 Å². The summed E-state index contributed by atoms with van der Waals surface area (Å²) in [7, 11) is 0. The van der Waals surface area contributed by atoms with Crippen LogP contribution in [0.1, 0.15) is 6.42 Å². The highest BCUT2D eigenvalue weighted by Crippen LogP contribution is 2.21. The van der Waals surface area contributed by atoms with Gasteiger partial charge in [0.25, 0.3) is 0 Å². The third-order valence-corrected chi connectivity index (χ3v) is 3.54. The summed E-state index contributed by atoms with van der Waals surface area (Å²) in [5, 5.41) is 12.7. The van der Waals surface area contributed by atoms with Crippen molar-refractivity contribution in [3.63, 3.8) is 0 Å². The summed E-state index contributed by atoms with van der Waals surface area (Å²) in [5.74, 6) is -0.542. The molecule has 0 bridgehead atoms. The molecule has 1 heterocycles. The predicted octanol–water partition coefficient (Wildman–Crippen LogP) is 0.905. The van der Waals surface area contributed by atoms with E-state index in [1.54, 1.807) is 0 Å². The highest BCUT2D eigenvalue weighted by atomic mass is 32.1. The minimum atomic E-state index is -2.89. The minimum absolute atomic E-state index is 0.0260. The first-order chi connectivity index (χ1) is 10.4. The van der Waals surface area contributed by atoms with Gasteiger partial charge >= 0.3 is 6.61 Å². The van der Waals surface area contributed by atoms with Gasteiger partial charge in [0.2, 0.25) is 5.91 Å². The van der Waals surface area contributed by atoms with Crippen LogP contribution in [-0.4, -0.2) is 46.3 Å². The second-order valence-corrected chi connectivity index (χ2v) is 5.18. The van der Waals surface area contributed by atoms with E-state index < -0.39 is 24.7 Å². The number of hydrogen-bond donors (Lipinski definition) is 3. The van der Waals surface area contributed by atoms with E-state index >= 15 is 0 Å². The summed E-state index contributed by atoms with van der Waals surface area (Å²) < 4.78 is 28.4. The Balaban J connectivity index is 2.00. The molecular formula is C13H15F2N3O3S. The molecule has 2 unspecified atom stereocenters. The number of benzene rings is 1. The zero-order valence-electron chi connectivity index (χ0n) is 11.4. The van der Waals surface area contributed by atoms with E-state index in [1.807, 2.05) is 0 Å². The van der Waals surface area contributed by atoms with E-state index in [0.717, 1.165) is 0 Å². The first-order valence-electron chi connectivity index (χ1n) is 6.46. The van der Waals surface area contributed by atoms with Crippen LogP contribution in [0.5, 0.6) is 5.75 Å². The van der Waals surface area contributed by atoms with Crippen molar-refractivity contribution in [1.82, 2.24) is 4.90 Å². The maximum absolute atomic E-state index is 12.1. The molecule has 0 aliphatic carbocycles. The average Bonchev–Trinajstić information content (AvgIpc) is 2.83. The zero-order valence-corrected chi connectivity index (χ0v) is 12.2. The van der Waals surface area contributed by atoms with Gasteiger partial charge in [0.05, 0.1) is 6.10 Å². The molecule has 4 N–H and O–H groups in total. The SMILES string of the molecule is NC(=O)C1CC(O)CN1C(=S)Nc1ccc(OC(F)F)cc1. The van der Waals surface area contributed by atoms with Gasteiger partial charge in [-0.2, -0.15) is 8.78 Å². The summed E-state index contributed by atoms with van der Waals surface area (Å²) in [4.78, 5) is 12.9. The number of primary amides is 1. The summed E-state index contributed by atoms with van der Waals surface area (Å²) in [5.41, 5.74) is 5.82. The van der Waals surface area contributed by atoms with E-state index in [2.05, 4.69) is 10.1 Å². The lowest BCUT2D eigenvalue weighted by molar-refractivity contribution is -0.121. The van der Waals surface area contributed by atoms with Crippen molar-refractivity contribution in [2.24, 2.45) is 5.73 Å². The van der Waals surface area contributed by atoms with Crippen LogP contribution in [0.2, 0.25) is 0 Å². The molecule has 6 nitrogen and oxygen atoms in total. The fourth-order valence-corrected chi connectivity index (χ4v) is 2.54. The number of nitrogens with two attached hydrogens (primary N) is 1. The van der Waals surface area contributed by atoms with Crippen molar-refractivity contribution in [2.75, 3.05) is 11.9 Å². The summed E-state index contributed by atoms with van der Waals surface area (Å²) >= 11 is 5.19. The Morgan fingerprint density at radius 3 is 2.64 bits per heavy atom. The van der Waals surface area contributed by atoms with Crippen LogP contribution in [0.3, 0.4) is 0 Å². The lowest BCUT2D eigenvalue weighted by Gasteiger charge is -2.25. The second-order valence-electron chi connectivity index (χ2n) is 4.79. The van der Waals surface area contributed by atoms with Gasteiger partial charge in [-0.25, -0.2) is 0 Å². The number of carbonyl (C=O) groups is 1. The highest BCUT2D eigenvalue weighted by molar-refractivity contribution is 7.80. The number of aliphatic hydroxyl groups is 1. The zero-order chi connectivity index (χ0) is 16.3. The number of likely N-dealkylation sites (tertiary alicyclic amines) is 1. The topological polar surface area (TPSA) is 87.8 Å². The molecule has 2 rings (SSSR count). The largest absolute Gasteiger partial charge is 0.435 e. The molecule has 0 radical (unpaired) electrons. The molecule has 1 aromatic carbocycles. The number of aliphatic hydroxyl groups excluding tert-OH is 1. The molecule has 1 aromatic rings. The number of β-amino-alcohol motifs (C(OH)–C–C–N with tert-alkyl or cyclic N) is 1. The van der Waals surface area contributed by atoms with Crippen molar-refractivity contribution in [1.29, 1.82) is 0 Å². The van der Waals surface area contributed by atoms with Crippen LogP contribution in [0.25, 0.3) is 0 Å². The number of nitrogens with one attached hydrogen (secondary N) is 1. The smallest absolute Gasteiger partial charge is 0.387 e. The average molecular weight is 331 g/mol. The van der Waals surface area contributed by atoms with E-state index in [4.69, 9.17) is 18.0 Å². The van der Waals surface area contributed by atoms with Crippen LogP contribution in [-0.2, 0) is 4.79 Å². The minimum Gasteiger partial charge on any atom is -0.435 e. The van der Waals surface area contributed by atoms with E-state index in [1.165, 1.54) is 29.2 Å². The van der Waals surface area contributed by atoms with E-state index in [0.29, 0.717) is 5.69 Å². The fourth-order valence-electron chi connectivity index (χ4n) is 2.22. The Morgan fingerprint density at radius 2 is 2.09 bits per heavy atom. The molecule has 1 aliphatic heterocycles. The Labute approximate surface area is 130 Å². The third kappa shape index (κ3) is 4.01. The number of alkyl halides is 2. The van der Waals surface area contributed by atoms with Gasteiger partial charge < -0.3 is 25.8 Å². The first kappa shape index (κ1) is 16.4. The lowest BCUT2D eigenvalue weighted by atomic mass is 10.2. The number of carbonyl (C=O) groups excluding carboxylic acids is 1. The summed E-state index contributed by atoms with van der Waals surface area (Å²) in [6.45, 7) is -2.69. The van der Waals surface area contributed by atoms with Crippen LogP contribution >= 0.6 is 12.2 Å². The Kier molecular flexibility index (Phi) is 5.09. The quantitative estimate of drug-likeness (QED) is 0.711. The van der Waals surface area contributed by atoms with Crippen LogP contribution in [0.4, 0.5) is 14.5 Å². The molecular weight excluding hydrogens is 316 g/mol. The van der Waals surface area contributed by atoms with Gasteiger partial charge in [-0.1, -0.05) is 0 Å². The number of hydrogen-bond acceptors (Lipinski definition) is 4. The molecule has 120 valence electrons. The number of rotatable bonds is 4. The number of thiocarbonyl (C=S) groups is 1. The number of ether oxygens (including phenoxy) is 1. The molecule has 22 heavy (non-hydrogen) atoms. The summed E-state index contributed by atoms with van der Waals surface area (Å²) in [6.07, 6.45) is -0.461. The molecule has 0 spiro atoms. The van der Waals surface area contributed by atoms with Gasteiger partial charge in [0.1, 0.15) is 11.8 Å². The fraction of sp³-hybridized carbons (Fsp3) is 0.385. The van der Waals surface area contributed by atoms with Gasteiger partial charge in [0.15, 0.2) is 5.11 Å². The molecule has 0 aromatic heterocycles. The normalized spacial score (nSPS) is 21.0. The van der Waals surface area contributed by atoms with Gasteiger partial charge in [-0.15, -0.1) is 0 Å². The van der Waals surface area contributed by atoms with Crippen LogP contribution in [0.15, 0.2) is 24.3 Å². The van der Waals surface area contributed by atoms with Crippen molar-refractivity contribution < 1.29 is 23.4 Å². The van der Waals surface area contributed by atoms with E-state index in [9.17, 15) is 18.7 Å². The molecule has 2 atom stereocenters. The van der Waals surface area contributed by atoms with Crippen LogP contribution < -0.4 is 15.8 Å². The van der Waals surface area contributed by atoms with E-state index in [-0.39, 0.29) is 23.8 Å². The van der Waals surface area contributed by atoms with Crippen molar-refractivity contribution in [2.45, 2.75) is 25.2 Å². The maximum atomic E-state index is 12.1. The Hall–Kier alpha value is -2.00. The van der Waals surface area contributed by atoms with Crippen molar-refractivity contribution in [3.8, 4) is 5.75 Å². The molecule has 9 heteroatoms. The Bertz CT molecular complexity index is 556.